The maximum absolute atomic E-state index is 9.42. The normalized spacial score (nSPS) is 22.0. The van der Waals surface area contributed by atoms with Crippen LogP contribution in [0.3, 0.4) is 0 Å². The molecule has 1 aliphatic carbocycles. The molecular weight excluding hydrogens is 322 g/mol. The van der Waals surface area contributed by atoms with Crippen molar-refractivity contribution >= 4 is 22.4 Å². The van der Waals surface area contributed by atoms with E-state index in [2.05, 4.69) is 14.8 Å². The quantitative estimate of drug-likeness (QED) is 0.626. The van der Waals surface area contributed by atoms with Gasteiger partial charge in [-0.05, 0) is 24.7 Å². The molecule has 0 bridgehead atoms. The zero-order valence-electron chi connectivity index (χ0n) is 14.4. The van der Waals surface area contributed by atoms with Crippen LogP contribution in [0.5, 0.6) is 0 Å². The topological polar surface area (TPSA) is 78.0 Å². The molecule has 3 rings (SSSR count). The van der Waals surface area contributed by atoms with Gasteiger partial charge in [0.05, 0.1) is 0 Å². The fraction of sp³-hybridized carbons (Fsp3) is 0.765. The summed E-state index contributed by atoms with van der Waals surface area (Å²) in [5.74, 6) is 0.664. The molecule has 0 unspecified atom stereocenters. The first-order valence-electron chi connectivity index (χ1n) is 9.03. The third kappa shape index (κ3) is 4.19. The van der Waals surface area contributed by atoms with Crippen LogP contribution >= 0.6 is 11.3 Å². The molecule has 2 aliphatic rings. The minimum absolute atomic E-state index is 0.167. The van der Waals surface area contributed by atoms with Crippen LogP contribution in [0.2, 0.25) is 0 Å². The summed E-state index contributed by atoms with van der Waals surface area (Å²) in [7, 11) is 0. The summed E-state index contributed by atoms with van der Waals surface area (Å²) in [4.78, 5) is 13.6. The first-order valence-corrected chi connectivity index (χ1v) is 9.91. The number of nitrogens with zero attached hydrogens (tertiary/aromatic N) is 4. The number of hydrogen-bond donors (Lipinski definition) is 2. The summed E-state index contributed by atoms with van der Waals surface area (Å²) < 4.78 is 0. The molecule has 2 heterocycles. The molecule has 1 saturated carbocycles. The van der Waals surface area contributed by atoms with Crippen LogP contribution in [0.1, 0.15) is 38.5 Å². The largest absolute Gasteiger partial charge is 0.396 e. The Morgan fingerprint density at radius 1 is 1.25 bits per heavy atom. The smallest absolute Gasteiger partial charge is 0.191 e. The SMILES string of the molecule is NC(=NCC1(CCO)CCCCC1)N1CCN(c2nccs2)CC1. The molecule has 1 aromatic heterocycles. The van der Waals surface area contributed by atoms with Crippen molar-refractivity contribution in [1.82, 2.24) is 9.88 Å². The highest BCUT2D eigenvalue weighted by molar-refractivity contribution is 7.13. The number of rotatable bonds is 5. The van der Waals surface area contributed by atoms with Crippen molar-refractivity contribution in [2.24, 2.45) is 16.1 Å². The van der Waals surface area contributed by atoms with Crippen molar-refractivity contribution in [1.29, 1.82) is 0 Å². The third-order valence-corrected chi connectivity index (χ3v) is 6.26. The number of hydrogen-bond acceptors (Lipinski definition) is 5. The zero-order valence-corrected chi connectivity index (χ0v) is 15.2. The monoisotopic (exact) mass is 351 g/mol. The van der Waals surface area contributed by atoms with Gasteiger partial charge in [-0.2, -0.15) is 0 Å². The van der Waals surface area contributed by atoms with Gasteiger partial charge in [0.25, 0.3) is 0 Å². The first kappa shape index (κ1) is 17.5. The second kappa shape index (κ2) is 8.16. The highest BCUT2D eigenvalue weighted by Gasteiger charge is 2.31. The maximum Gasteiger partial charge on any atom is 0.191 e. The van der Waals surface area contributed by atoms with Gasteiger partial charge >= 0.3 is 0 Å². The minimum Gasteiger partial charge on any atom is -0.396 e. The van der Waals surface area contributed by atoms with Crippen molar-refractivity contribution in [2.75, 3.05) is 44.2 Å². The van der Waals surface area contributed by atoms with Gasteiger partial charge in [0, 0.05) is 50.9 Å². The van der Waals surface area contributed by atoms with E-state index in [1.165, 1.54) is 32.1 Å². The second-order valence-corrected chi connectivity index (χ2v) is 7.87. The Morgan fingerprint density at radius 2 is 2.00 bits per heavy atom. The van der Waals surface area contributed by atoms with E-state index in [-0.39, 0.29) is 12.0 Å². The maximum atomic E-state index is 9.42. The lowest BCUT2D eigenvalue weighted by Gasteiger charge is -2.37. The lowest BCUT2D eigenvalue weighted by molar-refractivity contribution is 0.137. The van der Waals surface area contributed by atoms with Crippen LogP contribution in [0.4, 0.5) is 5.13 Å². The summed E-state index contributed by atoms with van der Waals surface area (Å²) in [6.07, 6.45) is 8.85. The zero-order chi connectivity index (χ0) is 16.8. The number of aliphatic hydroxyl groups excluding tert-OH is 1. The number of aromatic nitrogens is 1. The Bertz CT molecular complexity index is 514. The lowest BCUT2D eigenvalue weighted by atomic mass is 9.72. The van der Waals surface area contributed by atoms with Crippen molar-refractivity contribution < 1.29 is 5.11 Å². The van der Waals surface area contributed by atoms with Gasteiger partial charge in [-0.1, -0.05) is 19.3 Å². The van der Waals surface area contributed by atoms with Crippen LogP contribution in [-0.4, -0.2) is 60.3 Å². The molecule has 1 saturated heterocycles. The fourth-order valence-electron chi connectivity index (χ4n) is 3.87. The molecule has 6 nitrogen and oxygen atoms in total. The summed E-state index contributed by atoms with van der Waals surface area (Å²) in [5.41, 5.74) is 6.43. The van der Waals surface area contributed by atoms with E-state index in [1.807, 2.05) is 11.6 Å². The Morgan fingerprint density at radius 3 is 2.62 bits per heavy atom. The molecule has 0 amide bonds. The van der Waals surface area contributed by atoms with Crippen molar-refractivity contribution in [3.8, 4) is 0 Å². The van der Waals surface area contributed by atoms with Crippen LogP contribution in [0, 0.1) is 5.41 Å². The van der Waals surface area contributed by atoms with Gasteiger partial charge in [-0.25, -0.2) is 4.98 Å². The molecule has 0 atom stereocenters. The van der Waals surface area contributed by atoms with Gasteiger partial charge < -0.3 is 20.6 Å². The Hall–Kier alpha value is -1.34. The highest BCUT2D eigenvalue weighted by Crippen LogP contribution is 2.39. The number of piperazine rings is 1. The molecule has 0 radical (unpaired) electrons. The van der Waals surface area contributed by atoms with Gasteiger partial charge in [0.2, 0.25) is 0 Å². The molecule has 1 aliphatic heterocycles. The Kier molecular flexibility index (Phi) is 5.94. The van der Waals surface area contributed by atoms with E-state index in [4.69, 9.17) is 10.7 Å². The van der Waals surface area contributed by atoms with Crippen molar-refractivity contribution in [3.63, 3.8) is 0 Å². The Balaban J connectivity index is 1.54. The summed E-state index contributed by atoms with van der Waals surface area (Å²) in [6.45, 7) is 4.66. The molecule has 7 heteroatoms. The third-order valence-electron chi connectivity index (χ3n) is 5.43. The van der Waals surface area contributed by atoms with E-state index < -0.39 is 0 Å². The molecular formula is C17H29N5OS. The van der Waals surface area contributed by atoms with E-state index >= 15 is 0 Å². The van der Waals surface area contributed by atoms with Crippen LogP contribution in [-0.2, 0) is 0 Å². The van der Waals surface area contributed by atoms with Gasteiger partial charge in [-0.15, -0.1) is 11.3 Å². The summed E-state index contributed by atoms with van der Waals surface area (Å²) in [6, 6.07) is 0. The van der Waals surface area contributed by atoms with Crippen LogP contribution < -0.4 is 10.6 Å². The Labute approximate surface area is 148 Å². The molecule has 0 aromatic carbocycles. The predicted molar refractivity (Wildman–Crippen MR) is 99.6 cm³/mol. The van der Waals surface area contributed by atoms with E-state index in [0.717, 1.165) is 44.3 Å². The number of thiazole rings is 1. The number of aliphatic hydroxyl groups is 1. The van der Waals surface area contributed by atoms with E-state index in [9.17, 15) is 5.11 Å². The van der Waals surface area contributed by atoms with Gasteiger partial charge in [0.1, 0.15) is 0 Å². The molecule has 134 valence electrons. The first-order chi connectivity index (χ1) is 11.7. The number of aliphatic imine (C=N–C) groups is 1. The van der Waals surface area contributed by atoms with E-state index in [0.29, 0.717) is 5.96 Å². The van der Waals surface area contributed by atoms with Crippen LogP contribution in [0.15, 0.2) is 16.6 Å². The highest BCUT2D eigenvalue weighted by atomic mass is 32.1. The average molecular weight is 352 g/mol. The molecule has 0 spiro atoms. The number of anilines is 1. The summed E-state index contributed by atoms with van der Waals surface area (Å²) in [5, 5.41) is 12.5. The van der Waals surface area contributed by atoms with Gasteiger partial charge in [-0.3, -0.25) is 4.99 Å². The average Bonchev–Trinajstić information content (AvgIpc) is 3.16. The minimum atomic E-state index is 0.167. The fourth-order valence-corrected chi connectivity index (χ4v) is 4.57. The lowest BCUT2D eigenvalue weighted by Crippen LogP contribution is -2.51. The molecule has 1 aromatic rings. The van der Waals surface area contributed by atoms with Gasteiger partial charge in [0.15, 0.2) is 11.1 Å². The second-order valence-electron chi connectivity index (χ2n) is 7.00. The van der Waals surface area contributed by atoms with Crippen molar-refractivity contribution in [3.05, 3.63) is 11.6 Å². The molecule has 3 N–H and O–H groups in total. The number of nitrogens with two attached hydrogens (primary N) is 1. The predicted octanol–water partition coefficient (Wildman–Crippen LogP) is 1.91. The van der Waals surface area contributed by atoms with Crippen molar-refractivity contribution in [2.45, 2.75) is 38.5 Å². The molecule has 2 fully saturated rings. The summed E-state index contributed by atoms with van der Waals surface area (Å²) >= 11 is 1.68. The molecule has 24 heavy (non-hydrogen) atoms. The standard InChI is InChI=1S/C17H29N5OS/c18-15(20-14-17(6-12-23)4-2-1-3-5-17)21-8-10-22(11-9-21)16-19-7-13-24-16/h7,13,23H,1-6,8-12,14H2,(H2,18,20). The van der Waals surface area contributed by atoms with E-state index in [1.54, 1.807) is 11.3 Å². The van der Waals surface area contributed by atoms with Crippen LogP contribution in [0.25, 0.3) is 0 Å². The number of guanidine groups is 1.